The number of amides is 2. The van der Waals surface area contributed by atoms with Crippen LogP contribution in [0.1, 0.15) is 24.2 Å². The van der Waals surface area contributed by atoms with E-state index in [1.54, 1.807) is 54.1 Å². The Hall–Kier alpha value is -3.68. The zero-order valence-corrected chi connectivity index (χ0v) is 17.1. The molecule has 8 nitrogen and oxygen atoms in total. The number of ether oxygens (including phenoxy) is 1. The summed E-state index contributed by atoms with van der Waals surface area (Å²) in [5, 5.41) is 21.5. The highest BCUT2D eigenvalue weighted by Gasteiger charge is 2.18. The third-order valence-electron chi connectivity index (χ3n) is 4.46. The van der Waals surface area contributed by atoms with Crippen molar-refractivity contribution in [3.8, 4) is 11.6 Å². The number of carbonyl (C=O) groups excluding carboxylic acids is 2. The largest absolute Gasteiger partial charge is 0.497 e. The minimum absolute atomic E-state index is 0.0724. The van der Waals surface area contributed by atoms with Crippen LogP contribution in [0.2, 0.25) is 0 Å². The van der Waals surface area contributed by atoms with Crippen LogP contribution in [0.5, 0.6) is 11.6 Å². The topological polar surface area (TPSA) is 105 Å². The molecule has 156 valence electrons. The van der Waals surface area contributed by atoms with Crippen molar-refractivity contribution in [1.29, 1.82) is 0 Å². The number of carbonyl (C=O) groups is 2. The summed E-state index contributed by atoms with van der Waals surface area (Å²) in [6.07, 6.45) is 0. The van der Waals surface area contributed by atoms with E-state index in [0.29, 0.717) is 23.2 Å². The molecule has 0 aliphatic rings. The molecule has 0 spiro atoms. The summed E-state index contributed by atoms with van der Waals surface area (Å²) in [4.78, 5) is 24.2. The maximum atomic E-state index is 12.1. The summed E-state index contributed by atoms with van der Waals surface area (Å²) in [5.41, 5.74) is 1.40. The summed E-state index contributed by atoms with van der Waals surface area (Å²) >= 11 is 0. The molecule has 0 bridgehead atoms. The Kier molecular flexibility index (Phi) is 6.46. The smallest absolute Gasteiger partial charge is 0.283 e. The lowest BCUT2D eigenvalue weighted by Gasteiger charge is -2.09. The summed E-state index contributed by atoms with van der Waals surface area (Å²) in [5.74, 6) is -0.196. The minimum Gasteiger partial charge on any atom is -0.497 e. The molecule has 0 aliphatic carbocycles. The van der Waals surface area contributed by atoms with E-state index >= 15 is 0 Å². The van der Waals surface area contributed by atoms with Gasteiger partial charge in [0.25, 0.3) is 11.8 Å². The third-order valence-corrected chi connectivity index (χ3v) is 4.46. The number of fused-ring (bicyclic) bond motifs is 1. The first-order valence-electron chi connectivity index (χ1n) is 9.57. The summed E-state index contributed by atoms with van der Waals surface area (Å²) in [7, 11) is 1.55. The molecule has 1 aromatic heterocycles. The molecule has 0 unspecified atom stereocenters. The average molecular weight is 408 g/mol. The Labute approximate surface area is 174 Å². The third kappa shape index (κ3) is 4.65. The van der Waals surface area contributed by atoms with E-state index < -0.39 is 5.91 Å². The lowest BCUT2D eigenvalue weighted by atomic mass is 10.2. The number of benzene rings is 2. The zero-order valence-electron chi connectivity index (χ0n) is 17.1. The van der Waals surface area contributed by atoms with Gasteiger partial charge in [0.05, 0.1) is 12.6 Å². The van der Waals surface area contributed by atoms with Gasteiger partial charge in [-0.15, -0.1) is 10.2 Å². The minimum atomic E-state index is -0.633. The summed E-state index contributed by atoms with van der Waals surface area (Å²) in [6.45, 7) is 4.35. The van der Waals surface area contributed by atoms with Crippen LogP contribution in [-0.2, 0) is 11.3 Å². The molecule has 2 amide bonds. The predicted octanol–water partition coefficient (Wildman–Crippen LogP) is 4.05. The number of aromatic hydroxyl groups is 1. The Bertz CT molecular complexity index is 1090. The number of rotatable bonds is 7. The Morgan fingerprint density at radius 2 is 1.90 bits per heavy atom. The number of hydrogen-bond donors (Lipinski definition) is 2. The molecule has 3 rings (SSSR count). The van der Waals surface area contributed by atoms with Gasteiger partial charge < -0.3 is 19.7 Å². The molecular weight excluding hydrogens is 384 g/mol. The van der Waals surface area contributed by atoms with Gasteiger partial charge in [0, 0.05) is 17.5 Å². The summed E-state index contributed by atoms with van der Waals surface area (Å²) < 4.78 is 6.99. The second-order valence-corrected chi connectivity index (χ2v) is 7.20. The van der Waals surface area contributed by atoms with Gasteiger partial charge in [-0.2, -0.15) is 0 Å². The first-order chi connectivity index (χ1) is 14.4. The van der Waals surface area contributed by atoms with Crippen LogP contribution >= 0.6 is 0 Å². The van der Waals surface area contributed by atoms with Crippen molar-refractivity contribution in [2.45, 2.75) is 20.4 Å². The first kappa shape index (κ1) is 21.0. The highest BCUT2D eigenvalue weighted by molar-refractivity contribution is 5.97. The van der Waals surface area contributed by atoms with E-state index in [-0.39, 0.29) is 29.9 Å². The lowest BCUT2D eigenvalue weighted by molar-refractivity contribution is -0.117. The Morgan fingerprint density at radius 3 is 2.57 bits per heavy atom. The van der Waals surface area contributed by atoms with Gasteiger partial charge in [0.2, 0.25) is 5.88 Å². The maximum Gasteiger partial charge on any atom is 0.283 e. The molecule has 0 atom stereocenters. The number of hydrogen-bond acceptors (Lipinski definition) is 5. The summed E-state index contributed by atoms with van der Waals surface area (Å²) in [6, 6.07) is 13.9. The molecule has 1 heterocycles. The monoisotopic (exact) mass is 408 g/mol. The van der Waals surface area contributed by atoms with E-state index in [4.69, 9.17) is 4.74 Å². The quantitative estimate of drug-likeness (QED) is 0.575. The normalized spacial score (nSPS) is 11.3. The zero-order chi connectivity index (χ0) is 21.7. The van der Waals surface area contributed by atoms with Gasteiger partial charge in [-0.1, -0.05) is 32.0 Å². The molecule has 8 heteroatoms. The van der Waals surface area contributed by atoms with Crippen molar-refractivity contribution in [3.05, 3.63) is 54.1 Å². The van der Waals surface area contributed by atoms with Gasteiger partial charge in [-0.3, -0.25) is 9.59 Å². The molecule has 3 aromatic rings. The Morgan fingerprint density at radius 1 is 1.17 bits per heavy atom. The number of nitrogens with one attached hydrogen (secondary N) is 1. The number of azo groups is 1. The van der Waals surface area contributed by atoms with Crippen LogP contribution in [-0.4, -0.2) is 35.1 Å². The van der Waals surface area contributed by atoms with Crippen molar-refractivity contribution in [2.24, 2.45) is 16.1 Å². The van der Waals surface area contributed by atoms with Crippen LogP contribution < -0.4 is 10.1 Å². The Balaban J connectivity index is 1.81. The number of methoxy groups -OCH3 is 1. The number of aromatic nitrogens is 1. The van der Waals surface area contributed by atoms with Crippen LogP contribution in [0, 0.1) is 5.92 Å². The van der Waals surface area contributed by atoms with E-state index in [9.17, 15) is 14.7 Å². The van der Waals surface area contributed by atoms with Crippen molar-refractivity contribution < 1.29 is 19.4 Å². The molecule has 0 saturated heterocycles. The van der Waals surface area contributed by atoms with E-state index in [1.807, 2.05) is 19.9 Å². The molecule has 30 heavy (non-hydrogen) atoms. The second-order valence-electron chi connectivity index (χ2n) is 7.20. The molecular formula is C22H24N4O4. The van der Waals surface area contributed by atoms with E-state index in [1.165, 1.54) is 0 Å². The lowest BCUT2D eigenvalue weighted by Crippen LogP contribution is -2.28. The highest BCUT2D eigenvalue weighted by Crippen LogP contribution is 2.40. The van der Waals surface area contributed by atoms with Crippen molar-refractivity contribution in [3.63, 3.8) is 0 Å². The number of nitrogens with zero attached hydrogens (tertiary/aromatic N) is 3. The van der Waals surface area contributed by atoms with Crippen molar-refractivity contribution >= 4 is 28.4 Å². The van der Waals surface area contributed by atoms with Gasteiger partial charge in [-0.05, 0) is 36.2 Å². The average Bonchev–Trinajstić information content (AvgIpc) is 3.00. The fourth-order valence-corrected chi connectivity index (χ4v) is 3.07. The van der Waals surface area contributed by atoms with Gasteiger partial charge in [0.1, 0.15) is 12.3 Å². The highest BCUT2D eigenvalue weighted by atomic mass is 16.5. The molecule has 0 fully saturated rings. The van der Waals surface area contributed by atoms with E-state index in [0.717, 1.165) is 5.52 Å². The molecule has 0 aliphatic heterocycles. The van der Waals surface area contributed by atoms with Crippen molar-refractivity contribution in [2.75, 3.05) is 13.7 Å². The predicted molar refractivity (Wildman–Crippen MR) is 113 cm³/mol. The van der Waals surface area contributed by atoms with Crippen molar-refractivity contribution in [1.82, 2.24) is 9.88 Å². The second kappa shape index (κ2) is 9.21. The van der Waals surface area contributed by atoms with E-state index in [2.05, 4.69) is 15.5 Å². The van der Waals surface area contributed by atoms with Crippen LogP contribution in [0.15, 0.2) is 58.8 Å². The fraction of sp³-hybridized carbons (Fsp3) is 0.273. The molecule has 2 aromatic carbocycles. The molecule has 0 saturated carbocycles. The van der Waals surface area contributed by atoms with Crippen LogP contribution in [0.25, 0.3) is 10.9 Å². The standard InChI is InChI=1S/C22H24N4O4/c1-14(2)13-26-18-10-9-16(30-3)11-17(18)20(22(26)29)25-24-19(27)12-23-21(28)15-7-5-4-6-8-15/h4-11,14,29H,12-13H2,1-3H3,(H,23,28). The first-order valence-corrected chi connectivity index (χ1v) is 9.57. The van der Waals surface area contributed by atoms with Gasteiger partial charge in [0.15, 0.2) is 5.69 Å². The SMILES string of the molecule is COc1ccc2c(c1)c(N=NC(=O)CNC(=O)c1ccccc1)c(O)n2CC(C)C. The van der Waals surface area contributed by atoms with Gasteiger partial charge >= 0.3 is 0 Å². The fourth-order valence-electron chi connectivity index (χ4n) is 3.07. The maximum absolute atomic E-state index is 12.1. The molecule has 0 radical (unpaired) electrons. The van der Waals surface area contributed by atoms with Crippen LogP contribution in [0.4, 0.5) is 5.69 Å². The van der Waals surface area contributed by atoms with Gasteiger partial charge in [-0.25, -0.2) is 0 Å². The van der Waals surface area contributed by atoms with Crippen LogP contribution in [0.3, 0.4) is 0 Å². The molecule has 2 N–H and O–H groups in total.